The summed E-state index contributed by atoms with van der Waals surface area (Å²) < 4.78 is 72.1. The number of nitrogens with zero attached hydrogens (tertiary/aromatic N) is 3. The molecule has 3 heterocycles. The number of aromatic nitrogens is 1. The molecular formula is C22H24F3N3O3S2. The van der Waals surface area contributed by atoms with Gasteiger partial charge in [-0.2, -0.15) is 17.5 Å². The number of anilines is 1. The molecule has 11 heteroatoms. The van der Waals surface area contributed by atoms with Crippen LogP contribution in [0.1, 0.15) is 26.6 Å². The molecule has 1 aromatic carbocycles. The lowest BCUT2D eigenvalue weighted by Crippen LogP contribution is -2.49. The molecular weight excluding hydrogens is 475 g/mol. The number of piperazine rings is 1. The Balaban J connectivity index is 1.64. The number of halogens is 3. The van der Waals surface area contributed by atoms with Crippen LogP contribution in [0.3, 0.4) is 0 Å². The first-order chi connectivity index (χ1) is 15.4. The van der Waals surface area contributed by atoms with Crippen LogP contribution in [-0.4, -0.2) is 44.1 Å². The topological polar surface area (TPSA) is 66.7 Å². The molecule has 0 amide bonds. The molecule has 0 saturated carbocycles. The van der Waals surface area contributed by atoms with E-state index in [2.05, 4.69) is 14.6 Å². The largest absolute Gasteiger partial charge is 0.452 e. The van der Waals surface area contributed by atoms with Crippen molar-refractivity contribution < 1.29 is 26.1 Å². The molecule has 6 nitrogen and oxygen atoms in total. The minimum absolute atomic E-state index is 0.00668. The van der Waals surface area contributed by atoms with Gasteiger partial charge in [-0.1, -0.05) is 17.3 Å². The minimum Gasteiger partial charge on any atom is -0.369 e. The van der Waals surface area contributed by atoms with Crippen molar-refractivity contribution in [1.29, 1.82) is 0 Å². The van der Waals surface area contributed by atoms with Gasteiger partial charge in [-0.3, -0.25) is 0 Å². The molecule has 1 fully saturated rings. The van der Waals surface area contributed by atoms with E-state index in [-0.39, 0.29) is 29.2 Å². The van der Waals surface area contributed by atoms with Gasteiger partial charge in [0, 0.05) is 53.3 Å². The molecule has 4 rings (SSSR count). The van der Waals surface area contributed by atoms with E-state index in [0.29, 0.717) is 22.8 Å². The van der Waals surface area contributed by atoms with Gasteiger partial charge in [-0.25, -0.2) is 8.42 Å². The van der Waals surface area contributed by atoms with Crippen LogP contribution in [-0.2, 0) is 16.2 Å². The number of hydrogen-bond donors (Lipinski definition) is 0. The van der Waals surface area contributed by atoms with Crippen LogP contribution in [0.2, 0.25) is 0 Å². The molecule has 0 radical (unpaired) electrons. The van der Waals surface area contributed by atoms with E-state index in [1.807, 2.05) is 32.0 Å². The van der Waals surface area contributed by atoms with Gasteiger partial charge in [-0.15, -0.1) is 11.3 Å². The van der Waals surface area contributed by atoms with Crippen LogP contribution < -0.4 is 4.90 Å². The van der Waals surface area contributed by atoms with Crippen molar-refractivity contribution in [3.8, 4) is 11.3 Å². The smallest absolute Gasteiger partial charge is 0.369 e. The lowest BCUT2D eigenvalue weighted by molar-refractivity contribution is -0.155. The standard InChI is InChI=1S/C22H24F3N3O3S2/c1-13-6-5-7-18(14(13)2)27-8-10-28(11-9-27)33(29,30)21-16(4)32-15(3)20(21)17-12-19(31-26-17)22(23,24)25/h5-7,12H,8-11H2,1-4H3. The zero-order valence-electron chi connectivity index (χ0n) is 18.7. The monoisotopic (exact) mass is 499 g/mol. The highest BCUT2D eigenvalue weighted by molar-refractivity contribution is 7.89. The zero-order valence-corrected chi connectivity index (χ0v) is 20.3. The molecule has 0 bridgehead atoms. The van der Waals surface area contributed by atoms with E-state index in [4.69, 9.17) is 0 Å². The van der Waals surface area contributed by atoms with Crippen molar-refractivity contribution in [2.45, 2.75) is 38.8 Å². The molecule has 178 valence electrons. The summed E-state index contributed by atoms with van der Waals surface area (Å²) in [5.41, 5.74) is 3.46. The summed E-state index contributed by atoms with van der Waals surface area (Å²) in [6.07, 6.45) is -4.70. The number of aryl methyl sites for hydroxylation is 3. The van der Waals surface area contributed by atoms with E-state index < -0.39 is 22.0 Å². The van der Waals surface area contributed by atoms with Crippen LogP contribution in [0.5, 0.6) is 0 Å². The first-order valence-corrected chi connectivity index (χ1v) is 12.6. The Hall–Kier alpha value is -2.37. The Labute approximate surface area is 194 Å². The number of sulfonamides is 1. The highest BCUT2D eigenvalue weighted by atomic mass is 32.2. The molecule has 3 aromatic rings. The van der Waals surface area contributed by atoms with E-state index in [9.17, 15) is 21.6 Å². The third kappa shape index (κ3) is 4.29. The summed E-state index contributed by atoms with van der Waals surface area (Å²) in [6, 6.07) is 6.81. The van der Waals surface area contributed by atoms with Crippen molar-refractivity contribution in [3.05, 3.63) is 50.9 Å². The van der Waals surface area contributed by atoms with Gasteiger partial charge in [-0.05, 0) is 44.9 Å². The fraction of sp³-hybridized carbons (Fsp3) is 0.409. The first kappa shape index (κ1) is 23.8. The van der Waals surface area contributed by atoms with Gasteiger partial charge in [0.05, 0.1) is 0 Å². The van der Waals surface area contributed by atoms with Gasteiger partial charge in [0.15, 0.2) is 0 Å². The van der Waals surface area contributed by atoms with Crippen LogP contribution in [0, 0.1) is 27.7 Å². The van der Waals surface area contributed by atoms with Crippen LogP contribution in [0.15, 0.2) is 33.7 Å². The van der Waals surface area contributed by atoms with Crippen molar-refractivity contribution in [3.63, 3.8) is 0 Å². The zero-order chi connectivity index (χ0) is 24.1. The predicted molar refractivity (Wildman–Crippen MR) is 121 cm³/mol. The third-order valence-electron chi connectivity index (χ3n) is 6.00. The maximum Gasteiger partial charge on any atom is 0.452 e. The Morgan fingerprint density at radius 2 is 1.70 bits per heavy atom. The fourth-order valence-corrected chi connectivity index (χ4v) is 7.42. The number of benzene rings is 1. The summed E-state index contributed by atoms with van der Waals surface area (Å²) in [4.78, 5) is 3.25. The molecule has 0 unspecified atom stereocenters. The van der Waals surface area contributed by atoms with Gasteiger partial charge in [0.1, 0.15) is 10.6 Å². The molecule has 1 aliphatic heterocycles. The lowest BCUT2D eigenvalue weighted by atomic mass is 10.1. The molecule has 2 aromatic heterocycles. The molecule has 0 aliphatic carbocycles. The van der Waals surface area contributed by atoms with E-state index in [0.717, 1.165) is 17.3 Å². The van der Waals surface area contributed by atoms with Crippen molar-refractivity contribution in [1.82, 2.24) is 9.46 Å². The van der Waals surface area contributed by atoms with Crippen LogP contribution in [0.4, 0.5) is 18.9 Å². The second kappa shape index (κ2) is 8.44. The second-order valence-corrected chi connectivity index (χ2v) is 11.4. The fourth-order valence-electron chi connectivity index (χ4n) is 4.17. The predicted octanol–water partition coefficient (Wildman–Crippen LogP) is 5.17. The summed E-state index contributed by atoms with van der Waals surface area (Å²) in [6.45, 7) is 9.00. The lowest BCUT2D eigenvalue weighted by Gasteiger charge is -2.36. The summed E-state index contributed by atoms with van der Waals surface area (Å²) in [7, 11) is -3.95. The van der Waals surface area contributed by atoms with Crippen LogP contribution >= 0.6 is 11.3 Å². The van der Waals surface area contributed by atoms with Crippen LogP contribution in [0.25, 0.3) is 11.3 Å². The van der Waals surface area contributed by atoms with E-state index in [1.54, 1.807) is 13.8 Å². The SMILES string of the molecule is Cc1cccc(N2CCN(S(=O)(=O)c3c(C)sc(C)c3-c3cc(C(F)(F)F)on3)CC2)c1C. The van der Waals surface area contributed by atoms with Crippen molar-refractivity contribution in [2.75, 3.05) is 31.1 Å². The number of thiophene rings is 1. The Kier molecular flexibility index (Phi) is 6.08. The Morgan fingerprint density at radius 3 is 2.30 bits per heavy atom. The highest BCUT2D eigenvalue weighted by Crippen LogP contribution is 2.42. The molecule has 0 atom stereocenters. The summed E-state index contributed by atoms with van der Waals surface area (Å²) in [5, 5.41) is 3.54. The normalized spacial score (nSPS) is 15.9. The number of hydrogen-bond acceptors (Lipinski definition) is 6. The average molecular weight is 500 g/mol. The summed E-state index contributed by atoms with van der Waals surface area (Å²) in [5.74, 6) is -1.26. The van der Waals surface area contributed by atoms with E-state index in [1.165, 1.54) is 21.2 Å². The van der Waals surface area contributed by atoms with Gasteiger partial charge in [0.2, 0.25) is 15.8 Å². The van der Waals surface area contributed by atoms with Gasteiger partial charge < -0.3 is 9.42 Å². The van der Waals surface area contributed by atoms with Crippen molar-refractivity contribution in [2.24, 2.45) is 0 Å². The third-order valence-corrected chi connectivity index (χ3v) is 9.23. The second-order valence-electron chi connectivity index (χ2n) is 8.10. The molecule has 1 aliphatic rings. The van der Waals surface area contributed by atoms with Gasteiger partial charge in [0.25, 0.3) is 0 Å². The maximum absolute atomic E-state index is 13.6. The van der Waals surface area contributed by atoms with Crippen molar-refractivity contribution >= 4 is 27.0 Å². The molecule has 1 saturated heterocycles. The molecule has 33 heavy (non-hydrogen) atoms. The number of rotatable bonds is 4. The minimum atomic E-state index is -4.70. The molecule has 0 spiro atoms. The van der Waals surface area contributed by atoms with E-state index >= 15 is 0 Å². The van der Waals surface area contributed by atoms with Gasteiger partial charge >= 0.3 is 6.18 Å². The average Bonchev–Trinajstić information content (AvgIpc) is 3.34. The Bertz CT molecular complexity index is 1290. The molecule has 0 N–H and O–H groups in total. The number of alkyl halides is 3. The highest BCUT2D eigenvalue weighted by Gasteiger charge is 2.39. The Morgan fingerprint density at radius 1 is 1.03 bits per heavy atom. The quantitative estimate of drug-likeness (QED) is 0.496. The summed E-state index contributed by atoms with van der Waals surface area (Å²) >= 11 is 1.22. The maximum atomic E-state index is 13.6. The first-order valence-electron chi connectivity index (χ1n) is 10.4.